The second kappa shape index (κ2) is 6.38. The summed E-state index contributed by atoms with van der Waals surface area (Å²) >= 11 is 0. The quantitative estimate of drug-likeness (QED) is 0.766. The molecule has 3 atom stereocenters. The van der Waals surface area contributed by atoms with E-state index >= 15 is 0 Å². The van der Waals surface area contributed by atoms with Crippen LogP contribution < -0.4 is 5.73 Å². The minimum atomic E-state index is -0.494. The average Bonchev–Trinajstić information content (AvgIpc) is 3.21. The predicted octanol–water partition coefficient (Wildman–Crippen LogP) is 2.20. The lowest BCUT2D eigenvalue weighted by Gasteiger charge is -2.11. The van der Waals surface area contributed by atoms with E-state index in [-0.39, 0.29) is 12.0 Å². The Balaban J connectivity index is 1.80. The van der Waals surface area contributed by atoms with Gasteiger partial charge in [0.25, 0.3) is 0 Å². The smallest absolute Gasteiger partial charge is 0.200 e. The number of aromatic nitrogens is 4. The van der Waals surface area contributed by atoms with Crippen LogP contribution in [0.4, 0.5) is 0 Å². The standard InChI is InChI=1S/C19H21N5O/c1-12-5-7-14(8-6-12)24-19(13-10-15(20)17(25)11-13)22-18(23-24)16-4-2-3-9-21-16/h2-9,13,15,17,25H,10-11,20H2,1H3/t13-,15+,17+/m0/s1. The molecule has 6 nitrogen and oxygen atoms in total. The largest absolute Gasteiger partial charge is 0.391 e. The third-order valence-corrected chi connectivity index (χ3v) is 4.75. The molecule has 0 bridgehead atoms. The lowest BCUT2D eigenvalue weighted by atomic mass is 10.1. The van der Waals surface area contributed by atoms with Crippen molar-refractivity contribution in [2.75, 3.05) is 0 Å². The molecule has 2 aromatic heterocycles. The Morgan fingerprint density at radius 1 is 1.12 bits per heavy atom. The maximum Gasteiger partial charge on any atom is 0.200 e. The van der Waals surface area contributed by atoms with Gasteiger partial charge in [0.2, 0.25) is 0 Å². The zero-order valence-corrected chi connectivity index (χ0v) is 14.1. The SMILES string of the molecule is Cc1ccc(-n2nc(-c3ccccn3)nc2[C@H]2C[C@@H](N)[C@H](O)C2)cc1. The van der Waals surface area contributed by atoms with Crippen molar-refractivity contribution in [3.8, 4) is 17.2 Å². The Bertz CT molecular complexity index is 849. The van der Waals surface area contributed by atoms with Gasteiger partial charge in [-0.25, -0.2) is 9.67 Å². The molecule has 0 aliphatic heterocycles. The molecular formula is C19H21N5O. The van der Waals surface area contributed by atoms with E-state index in [4.69, 9.17) is 15.8 Å². The van der Waals surface area contributed by atoms with Crippen LogP contribution in [0, 0.1) is 6.92 Å². The summed E-state index contributed by atoms with van der Waals surface area (Å²) in [5, 5.41) is 14.8. The molecule has 0 spiro atoms. The number of aliphatic hydroxyl groups is 1. The molecule has 1 aromatic carbocycles. The van der Waals surface area contributed by atoms with Crippen molar-refractivity contribution < 1.29 is 5.11 Å². The summed E-state index contributed by atoms with van der Waals surface area (Å²) in [5.41, 5.74) is 8.88. The minimum absolute atomic E-state index is 0.0799. The van der Waals surface area contributed by atoms with E-state index in [1.165, 1.54) is 5.56 Å². The van der Waals surface area contributed by atoms with E-state index in [9.17, 15) is 5.11 Å². The molecular weight excluding hydrogens is 314 g/mol. The van der Waals surface area contributed by atoms with Crippen LogP contribution in [0.15, 0.2) is 48.7 Å². The summed E-state index contributed by atoms with van der Waals surface area (Å²) in [6.45, 7) is 2.05. The Kier molecular flexibility index (Phi) is 4.07. The average molecular weight is 335 g/mol. The van der Waals surface area contributed by atoms with Crippen molar-refractivity contribution in [3.63, 3.8) is 0 Å². The number of nitrogens with zero attached hydrogens (tertiary/aromatic N) is 4. The van der Waals surface area contributed by atoms with E-state index in [2.05, 4.69) is 24.0 Å². The van der Waals surface area contributed by atoms with E-state index < -0.39 is 6.10 Å². The molecule has 1 aliphatic carbocycles. The Morgan fingerprint density at radius 3 is 2.56 bits per heavy atom. The summed E-state index contributed by atoms with van der Waals surface area (Å²) in [4.78, 5) is 9.11. The minimum Gasteiger partial charge on any atom is -0.391 e. The first-order valence-corrected chi connectivity index (χ1v) is 8.51. The summed E-state index contributed by atoms with van der Waals surface area (Å²) in [6, 6.07) is 13.6. The highest BCUT2D eigenvalue weighted by Gasteiger charge is 2.35. The molecule has 4 rings (SSSR count). The highest BCUT2D eigenvalue weighted by Crippen LogP contribution is 2.34. The first-order valence-electron chi connectivity index (χ1n) is 8.51. The first-order chi connectivity index (χ1) is 12.1. The summed E-state index contributed by atoms with van der Waals surface area (Å²) in [7, 11) is 0. The fourth-order valence-corrected chi connectivity index (χ4v) is 3.33. The van der Waals surface area contributed by atoms with E-state index in [0.29, 0.717) is 18.7 Å². The van der Waals surface area contributed by atoms with E-state index in [0.717, 1.165) is 17.2 Å². The molecule has 2 heterocycles. The summed E-state index contributed by atoms with van der Waals surface area (Å²) in [6.07, 6.45) is 2.55. The Hall–Kier alpha value is -2.57. The second-order valence-corrected chi connectivity index (χ2v) is 6.66. The monoisotopic (exact) mass is 335 g/mol. The number of hydrogen-bond acceptors (Lipinski definition) is 5. The normalized spacial score (nSPS) is 23.1. The van der Waals surface area contributed by atoms with Gasteiger partial charge in [-0.1, -0.05) is 23.8 Å². The van der Waals surface area contributed by atoms with Crippen LogP contribution in [0.2, 0.25) is 0 Å². The number of aryl methyl sites for hydroxylation is 1. The van der Waals surface area contributed by atoms with Crippen LogP contribution in [-0.2, 0) is 0 Å². The van der Waals surface area contributed by atoms with Crippen LogP contribution in [0.5, 0.6) is 0 Å². The van der Waals surface area contributed by atoms with Gasteiger partial charge in [-0.05, 0) is 44.0 Å². The maximum atomic E-state index is 10.1. The molecule has 6 heteroatoms. The molecule has 3 N–H and O–H groups in total. The first kappa shape index (κ1) is 15.9. The highest BCUT2D eigenvalue weighted by atomic mass is 16.3. The number of pyridine rings is 1. The van der Waals surface area contributed by atoms with Crippen molar-refractivity contribution >= 4 is 0 Å². The number of nitrogens with two attached hydrogens (primary N) is 1. The van der Waals surface area contributed by atoms with E-state index in [1.54, 1.807) is 6.20 Å². The number of hydrogen-bond donors (Lipinski definition) is 2. The van der Waals surface area contributed by atoms with Gasteiger partial charge in [0.05, 0.1) is 11.8 Å². The van der Waals surface area contributed by atoms with Gasteiger partial charge in [-0.2, -0.15) is 0 Å². The van der Waals surface area contributed by atoms with Gasteiger partial charge in [0.15, 0.2) is 5.82 Å². The number of benzene rings is 1. The van der Waals surface area contributed by atoms with Gasteiger partial charge in [-0.3, -0.25) is 4.98 Å². The van der Waals surface area contributed by atoms with Crippen LogP contribution >= 0.6 is 0 Å². The highest BCUT2D eigenvalue weighted by molar-refractivity contribution is 5.49. The molecule has 0 saturated heterocycles. The van der Waals surface area contributed by atoms with Gasteiger partial charge < -0.3 is 10.8 Å². The van der Waals surface area contributed by atoms with Crippen LogP contribution in [0.3, 0.4) is 0 Å². The Morgan fingerprint density at radius 2 is 1.92 bits per heavy atom. The molecule has 1 aliphatic rings. The molecule has 0 unspecified atom stereocenters. The molecule has 25 heavy (non-hydrogen) atoms. The fourth-order valence-electron chi connectivity index (χ4n) is 3.33. The maximum absolute atomic E-state index is 10.1. The van der Waals surface area contributed by atoms with Crippen molar-refractivity contribution in [2.24, 2.45) is 5.73 Å². The molecule has 3 aromatic rings. The third-order valence-electron chi connectivity index (χ3n) is 4.75. The van der Waals surface area contributed by atoms with Gasteiger partial charge in [0.1, 0.15) is 11.5 Å². The second-order valence-electron chi connectivity index (χ2n) is 6.66. The van der Waals surface area contributed by atoms with Crippen LogP contribution in [0.1, 0.15) is 30.1 Å². The van der Waals surface area contributed by atoms with Gasteiger partial charge in [-0.15, -0.1) is 5.10 Å². The predicted molar refractivity (Wildman–Crippen MR) is 95.3 cm³/mol. The lowest BCUT2D eigenvalue weighted by Crippen LogP contribution is -2.28. The van der Waals surface area contributed by atoms with Gasteiger partial charge in [0, 0.05) is 18.2 Å². The zero-order valence-electron chi connectivity index (χ0n) is 14.1. The summed E-state index contributed by atoms with van der Waals surface area (Å²) < 4.78 is 1.86. The van der Waals surface area contributed by atoms with Crippen LogP contribution in [0.25, 0.3) is 17.2 Å². The number of aliphatic hydroxyl groups excluding tert-OH is 1. The molecule has 128 valence electrons. The lowest BCUT2D eigenvalue weighted by molar-refractivity contribution is 0.163. The summed E-state index contributed by atoms with van der Waals surface area (Å²) in [5.74, 6) is 1.50. The third kappa shape index (κ3) is 3.06. The zero-order chi connectivity index (χ0) is 17.4. The van der Waals surface area contributed by atoms with Crippen molar-refractivity contribution in [3.05, 3.63) is 60.0 Å². The number of rotatable bonds is 3. The van der Waals surface area contributed by atoms with Crippen molar-refractivity contribution in [2.45, 2.75) is 37.8 Å². The molecule has 0 radical (unpaired) electrons. The van der Waals surface area contributed by atoms with E-state index in [1.807, 2.05) is 35.0 Å². The molecule has 0 amide bonds. The van der Waals surface area contributed by atoms with Crippen molar-refractivity contribution in [1.29, 1.82) is 0 Å². The van der Waals surface area contributed by atoms with Crippen LogP contribution in [-0.4, -0.2) is 37.0 Å². The molecule has 1 fully saturated rings. The van der Waals surface area contributed by atoms with Gasteiger partial charge >= 0.3 is 0 Å². The Labute approximate surface area is 146 Å². The topological polar surface area (TPSA) is 89.9 Å². The van der Waals surface area contributed by atoms with Crippen molar-refractivity contribution in [1.82, 2.24) is 19.7 Å². The fraction of sp³-hybridized carbons (Fsp3) is 0.316. The molecule has 1 saturated carbocycles.